The highest BCUT2D eigenvalue weighted by Crippen LogP contribution is 2.19. The van der Waals surface area contributed by atoms with Gasteiger partial charge in [0.15, 0.2) is 0 Å². The van der Waals surface area contributed by atoms with Crippen LogP contribution >= 0.6 is 0 Å². The molecule has 62 valence electrons. The molecule has 1 aromatic carbocycles. The third kappa shape index (κ3) is 1.42. The maximum absolute atomic E-state index is 5.40. The third-order valence-electron chi connectivity index (χ3n) is 1.87. The van der Waals surface area contributed by atoms with Gasteiger partial charge in [-0.25, -0.2) is 0 Å². The van der Waals surface area contributed by atoms with E-state index in [0.29, 0.717) is 0 Å². The second-order valence-electron chi connectivity index (χ2n) is 2.67. The molecule has 1 aliphatic rings. The summed E-state index contributed by atoms with van der Waals surface area (Å²) in [5.74, 6) is 0. The molecule has 1 heterocycles. The summed E-state index contributed by atoms with van der Waals surface area (Å²) in [5.41, 5.74) is 1.16. The van der Waals surface area contributed by atoms with Gasteiger partial charge in [-0.1, -0.05) is 36.9 Å². The van der Waals surface area contributed by atoms with Crippen molar-refractivity contribution in [1.29, 1.82) is 0 Å². The average Bonchev–Trinajstić information content (AvgIpc) is 2.03. The standard InChI is InChI=1S/C8H10O2Si2/c1-7(12-9-11-10-12)8-5-3-2-4-6-8/h2-6,12H,1,11H2. The summed E-state index contributed by atoms with van der Waals surface area (Å²) in [4.78, 5) is 0. The first-order valence-electron chi connectivity index (χ1n) is 3.85. The van der Waals surface area contributed by atoms with Crippen molar-refractivity contribution in [3.05, 3.63) is 42.5 Å². The molecule has 0 amide bonds. The van der Waals surface area contributed by atoms with E-state index in [2.05, 4.69) is 6.58 Å². The lowest BCUT2D eigenvalue weighted by atomic mass is 10.2. The molecule has 0 N–H and O–H groups in total. The van der Waals surface area contributed by atoms with Gasteiger partial charge in [-0.3, -0.25) is 0 Å². The number of hydrogen-bond donors (Lipinski definition) is 0. The molecule has 0 unspecified atom stereocenters. The van der Waals surface area contributed by atoms with Crippen molar-refractivity contribution in [2.24, 2.45) is 0 Å². The number of rotatable bonds is 2. The Kier molecular flexibility index (Phi) is 2.22. The molecule has 1 fully saturated rings. The molecular weight excluding hydrogens is 184 g/mol. The van der Waals surface area contributed by atoms with Crippen LogP contribution in [-0.2, 0) is 8.23 Å². The van der Waals surface area contributed by atoms with E-state index in [9.17, 15) is 0 Å². The lowest BCUT2D eigenvalue weighted by molar-refractivity contribution is 0.328. The predicted octanol–water partition coefficient (Wildman–Crippen LogP) is 0.505. The highest BCUT2D eigenvalue weighted by Gasteiger charge is 2.26. The summed E-state index contributed by atoms with van der Waals surface area (Å²) < 4.78 is 10.8. The van der Waals surface area contributed by atoms with Gasteiger partial charge in [0, 0.05) is 0 Å². The zero-order chi connectivity index (χ0) is 8.39. The summed E-state index contributed by atoms with van der Waals surface area (Å²) in [6, 6.07) is 10.1. The Hall–Kier alpha value is -0.686. The quantitative estimate of drug-likeness (QED) is 0.639. The van der Waals surface area contributed by atoms with Gasteiger partial charge in [0.2, 0.25) is 0 Å². The number of hydrogen-bond acceptors (Lipinski definition) is 2. The average molecular weight is 194 g/mol. The molecule has 0 radical (unpaired) electrons. The van der Waals surface area contributed by atoms with Crippen LogP contribution in [0.2, 0.25) is 0 Å². The van der Waals surface area contributed by atoms with Gasteiger partial charge in [-0.2, -0.15) is 0 Å². The molecule has 12 heavy (non-hydrogen) atoms. The van der Waals surface area contributed by atoms with E-state index in [1.165, 1.54) is 0 Å². The second-order valence-corrected chi connectivity index (χ2v) is 6.94. The first kappa shape index (κ1) is 7.94. The zero-order valence-electron chi connectivity index (χ0n) is 6.69. The molecule has 0 bridgehead atoms. The molecule has 1 aromatic rings. The first-order chi connectivity index (χ1) is 5.88. The van der Waals surface area contributed by atoms with Crippen molar-refractivity contribution in [2.75, 3.05) is 0 Å². The highest BCUT2D eigenvalue weighted by atomic mass is 28.4. The van der Waals surface area contributed by atoms with Crippen molar-refractivity contribution in [3.63, 3.8) is 0 Å². The van der Waals surface area contributed by atoms with Gasteiger partial charge in [0.1, 0.15) is 0 Å². The maximum Gasteiger partial charge on any atom is 0.337 e. The Morgan fingerprint density at radius 2 is 1.92 bits per heavy atom. The molecule has 1 saturated heterocycles. The second kappa shape index (κ2) is 3.36. The third-order valence-corrected chi connectivity index (χ3v) is 6.28. The Labute approximate surface area is 75.7 Å². The first-order valence-corrected chi connectivity index (χ1v) is 6.53. The van der Waals surface area contributed by atoms with E-state index in [-0.39, 0.29) is 0 Å². The van der Waals surface area contributed by atoms with Gasteiger partial charge in [-0.15, -0.1) is 0 Å². The molecule has 0 aromatic heterocycles. The molecule has 0 spiro atoms. The smallest absolute Gasteiger partial charge is 0.337 e. The van der Waals surface area contributed by atoms with Crippen LogP contribution in [0.3, 0.4) is 0 Å². The highest BCUT2D eigenvalue weighted by molar-refractivity contribution is 6.79. The molecule has 0 atom stereocenters. The van der Waals surface area contributed by atoms with Crippen LogP contribution < -0.4 is 0 Å². The lowest BCUT2D eigenvalue weighted by Gasteiger charge is -2.27. The van der Waals surface area contributed by atoms with Crippen molar-refractivity contribution in [1.82, 2.24) is 0 Å². The van der Waals surface area contributed by atoms with E-state index in [0.717, 1.165) is 10.8 Å². The molecule has 0 aliphatic carbocycles. The van der Waals surface area contributed by atoms with Crippen LogP contribution in [0.15, 0.2) is 36.9 Å². The lowest BCUT2D eigenvalue weighted by Crippen LogP contribution is -2.39. The van der Waals surface area contributed by atoms with Gasteiger partial charge >= 0.3 is 9.28 Å². The Morgan fingerprint density at radius 3 is 2.42 bits per heavy atom. The summed E-state index contributed by atoms with van der Waals surface area (Å²) >= 11 is 0. The summed E-state index contributed by atoms with van der Waals surface area (Å²) in [6.45, 7) is 3.98. The van der Waals surface area contributed by atoms with E-state index in [4.69, 9.17) is 8.23 Å². The minimum atomic E-state index is -1.45. The topological polar surface area (TPSA) is 18.5 Å². The maximum atomic E-state index is 5.40. The van der Waals surface area contributed by atoms with Crippen molar-refractivity contribution in [2.45, 2.75) is 0 Å². The van der Waals surface area contributed by atoms with Crippen LogP contribution in [-0.4, -0.2) is 19.3 Å². The van der Waals surface area contributed by atoms with E-state index in [1.54, 1.807) is 0 Å². The zero-order valence-corrected chi connectivity index (χ0v) is 9.26. The van der Waals surface area contributed by atoms with Crippen LogP contribution in [0.25, 0.3) is 5.20 Å². The van der Waals surface area contributed by atoms with Gasteiger partial charge in [0.25, 0.3) is 10.0 Å². The van der Waals surface area contributed by atoms with E-state index >= 15 is 0 Å². The fourth-order valence-electron chi connectivity index (χ4n) is 1.13. The largest absolute Gasteiger partial charge is 0.419 e. The van der Waals surface area contributed by atoms with Crippen LogP contribution in [0.1, 0.15) is 5.56 Å². The fraction of sp³-hybridized carbons (Fsp3) is 0. The van der Waals surface area contributed by atoms with Crippen LogP contribution in [0, 0.1) is 0 Å². The van der Waals surface area contributed by atoms with E-state index < -0.39 is 19.3 Å². The van der Waals surface area contributed by atoms with Gasteiger partial charge < -0.3 is 8.23 Å². The van der Waals surface area contributed by atoms with Crippen molar-refractivity contribution in [3.8, 4) is 0 Å². The fourth-order valence-corrected chi connectivity index (χ4v) is 4.29. The Balaban J connectivity index is 2.14. The SMILES string of the molecule is C=C(c1ccccc1)[SiH]1O[SiH2]O1. The van der Waals surface area contributed by atoms with Crippen LogP contribution in [0.4, 0.5) is 0 Å². The minimum Gasteiger partial charge on any atom is -0.419 e. The molecule has 0 saturated carbocycles. The number of benzene rings is 1. The summed E-state index contributed by atoms with van der Waals surface area (Å²) in [5, 5.41) is 1.06. The van der Waals surface area contributed by atoms with Gasteiger partial charge in [0.05, 0.1) is 0 Å². The summed E-state index contributed by atoms with van der Waals surface area (Å²) in [7, 11) is -2.04. The Morgan fingerprint density at radius 1 is 1.25 bits per heavy atom. The van der Waals surface area contributed by atoms with Crippen molar-refractivity contribution < 1.29 is 8.23 Å². The molecule has 1 aliphatic heterocycles. The molecule has 2 rings (SSSR count). The van der Waals surface area contributed by atoms with Crippen molar-refractivity contribution >= 4 is 24.5 Å². The molecular formula is C8H10O2Si2. The predicted molar refractivity (Wildman–Crippen MR) is 53.3 cm³/mol. The minimum absolute atomic E-state index is 0.589. The normalized spacial score (nSPS) is 23.5. The monoisotopic (exact) mass is 194 g/mol. The molecule has 4 heteroatoms. The van der Waals surface area contributed by atoms with Crippen LogP contribution in [0.5, 0.6) is 0 Å². The summed E-state index contributed by atoms with van der Waals surface area (Å²) in [6.07, 6.45) is 0. The van der Waals surface area contributed by atoms with E-state index in [1.807, 2.05) is 30.3 Å². The Bertz CT molecular complexity index is 282. The molecule has 2 nitrogen and oxygen atoms in total. The van der Waals surface area contributed by atoms with Gasteiger partial charge in [-0.05, 0) is 10.8 Å².